The van der Waals surface area contributed by atoms with Crippen LogP contribution in [0, 0.1) is 0 Å². The van der Waals surface area contributed by atoms with E-state index in [0.29, 0.717) is 24.9 Å². The second-order valence-electron chi connectivity index (χ2n) is 7.93. The van der Waals surface area contributed by atoms with E-state index in [1.807, 2.05) is 0 Å². The Balaban J connectivity index is 1.41. The Bertz CT molecular complexity index is 828. The number of nitrogens with one attached hydrogen (secondary N) is 1. The maximum absolute atomic E-state index is 12.3. The zero-order valence-corrected chi connectivity index (χ0v) is 15.6. The smallest absolute Gasteiger partial charge is 0.455 e. The summed E-state index contributed by atoms with van der Waals surface area (Å²) in [5.41, 5.74) is -0.0185. The van der Waals surface area contributed by atoms with E-state index in [4.69, 9.17) is 4.74 Å². The maximum Gasteiger partial charge on any atom is 0.455 e. The summed E-state index contributed by atoms with van der Waals surface area (Å²) in [5, 5.41) is 51.0. The fourth-order valence-electron chi connectivity index (χ4n) is 4.09. The van der Waals surface area contributed by atoms with Gasteiger partial charge in [0.15, 0.2) is 0 Å². The van der Waals surface area contributed by atoms with Crippen LogP contribution >= 0.6 is 0 Å². The number of carboxylic acids is 1. The van der Waals surface area contributed by atoms with Gasteiger partial charge in [0.1, 0.15) is 23.2 Å². The van der Waals surface area contributed by atoms with E-state index in [-0.39, 0.29) is 36.2 Å². The zero-order valence-electron chi connectivity index (χ0n) is 15.6. The third kappa shape index (κ3) is 3.78. The van der Waals surface area contributed by atoms with Gasteiger partial charge < -0.3 is 40.3 Å². The minimum atomic E-state index is -1.52. The number of carbonyl (C=O) groups is 2. The highest BCUT2D eigenvalue weighted by Gasteiger charge is 2.48. The third-order valence-electron chi connectivity index (χ3n) is 5.87. The minimum Gasteiger partial charge on any atom is -0.507 e. The third-order valence-corrected chi connectivity index (χ3v) is 5.87. The van der Waals surface area contributed by atoms with Crippen LogP contribution in [0.25, 0.3) is 0 Å². The van der Waals surface area contributed by atoms with Crippen LogP contribution in [0.1, 0.15) is 34.7 Å². The van der Waals surface area contributed by atoms with Crippen LogP contribution in [0.3, 0.4) is 0 Å². The van der Waals surface area contributed by atoms with Crippen molar-refractivity contribution in [3.8, 4) is 11.5 Å². The summed E-state index contributed by atoms with van der Waals surface area (Å²) in [4.78, 5) is 25.6. The molecule has 1 saturated carbocycles. The van der Waals surface area contributed by atoms with E-state index in [9.17, 15) is 35.0 Å². The number of hydrogen-bond acceptors (Lipinski definition) is 8. The van der Waals surface area contributed by atoms with Crippen molar-refractivity contribution in [2.45, 2.75) is 42.8 Å². The fraction of sp³-hybridized carbons (Fsp3) is 0.556. The predicted molar refractivity (Wildman–Crippen MR) is 99.8 cm³/mol. The molecule has 29 heavy (non-hydrogen) atoms. The molecule has 0 aromatic heterocycles. The monoisotopic (exact) mass is 406 g/mol. The van der Waals surface area contributed by atoms with Gasteiger partial charge >= 0.3 is 13.1 Å². The minimum absolute atomic E-state index is 0.00649. The van der Waals surface area contributed by atoms with Gasteiger partial charge in [0.25, 0.3) is 0 Å². The molecule has 2 heterocycles. The maximum atomic E-state index is 12.3. The Morgan fingerprint density at radius 2 is 1.93 bits per heavy atom. The van der Waals surface area contributed by atoms with Crippen molar-refractivity contribution in [1.82, 2.24) is 10.2 Å². The summed E-state index contributed by atoms with van der Waals surface area (Å²) < 4.78 is 5.71. The Kier molecular flexibility index (Phi) is 5.15. The van der Waals surface area contributed by atoms with Crippen LogP contribution in [0.5, 0.6) is 11.5 Å². The van der Waals surface area contributed by atoms with Gasteiger partial charge in [-0.2, -0.15) is 0 Å². The second kappa shape index (κ2) is 7.49. The number of β-amino-alcohol motifs (C(OH)–C–C–N with tert-alkyl or cyclic N) is 1. The number of aliphatic hydroxyl groups excluding tert-OH is 1. The molecule has 6 N–H and O–H groups in total. The molecule has 1 aromatic rings. The number of carbonyl (C=O) groups excluding carboxylic acids is 1. The van der Waals surface area contributed by atoms with Crippen molar-refractivity contribution in [1.29, 1.82) is 0 Å². The van der Waals surface area contributed by atoms with Gasteiger partial charge in [-0.15, -0.1) is 0 Å². The van der Waals surface area contributed by atoms with Crippen LogP contribution < -0.4 is 10.1 Å². The lowest BCUT2D eigenvalue weighted by Crippen LogP contribution is -2.59. The fourth-order valence-corrected chi connectivity index (χ4v) is 4.09. The number of likely N-dealkylation sites (tertiary alicyclic amines) is 1. The van der Waals surface area contributed by atoms with Crippen LogP contribution in [-0.2, 0) is 4.79 Å². The summed E-state index contributed by atoms with van der Waals surface area (Å²) in [6.07, 6.45) is -0.116. The molecular weight excluding hydrogens is 383 g/mol. The van der Waals surface area contributed by atoms with Gasteiger partial charge in [-0.1, -0.05) is 6.07 Å². The van der Waals surface area contributed by atoms with Crippen LogP contribution in [-0.4, -0.2) is 87.1 Å². The number of amides is 1. The molecule has 4 atom stereocenters. The van der Waals surface area contributed by atoms with Crippen LogP contribution in [0.15, 0.2) is 12.1 Å². The summed E-state index contributed by atoms with van der Waals surface area (Å²) in [6, 6.07) is 2.57. The lowest BCUT2D eigenvalue weighted by molar-refractivity contribution is -0.142. The number of benzene rings is 1. The van der Waals surface area contributed by atoms with Crippen molar-refractivity contribution in [3.63, 3.8) is 0 Å². The molecule has 3 fully saturated rings. The molecule has 0 unspecified atom stereocenters. The molecule has 1 aliphatic carbocycles. The number of ether oxygens (including phenoxy) is 1. The highest BCUT2D eigenvalue weighted by molar-refractivity contribution is 6.44. The van der Waals surface area contributed by atoms with Gasteiger partial charge in [-0.3, -0.25) is 4.79 Å². The Hall–Kier alpha value is -2.34. The number of hydrogen-bond donors (Lipinski definition) is 6. The largest absolute Gasteiger partial charge is 0.507 e. The topological polar surface area (TPSA) is 160 Å². The standard InChI is InChI=1S/C18H23BN2O8/c22-8-3-13(20-5-8)17(24)21-6-9(7-21)29-14-2-1-10(11-4-12(11)19(27)28)16(23)15(14)18(25)26/h1-2,8-9,11-13,20,22-23,27-28H,3-7H2,(H,25,26)/t8-,11-,12-,13-/m0/s1. The molecule has 156 valence electrons. The molecule has 10 nitrogen and oxygen atoms in total. The first-order valence-corrected chi connectivity index (χ1v) is 9.58. The van der Waals surface area contributed by atoms with E-state index in [1.165, 1.54) is 12.1 Å². The van der Waals surface area contributed by atoms with E-state index in [0.717, 1.165) is 0 Å². The van der Waals surface area contributed by atoms with E-state index in [2.05, 4.69) is 5.32 Å². The molecule has 4 rings (SSSR count). The van der Waals surface area contributed by atoms with Crippen LogP contribution in [0.2, 0.25) is 5.82 Å². The van der Waals surface area contributed by atoms with Gasteiger partial charge in [0.2, 0.25) is 5.91 Å². The second-order valence-corrected chi connectivity index (χ2v) is 7.93. The molecule has 2 saturated heterocycles. The molecule has 0 bridgehead atoms. The molecule has 1 amide bonds. The quantitative estimate of drug-likeness (QED) is 0.317. The molecular formula is C18H23BN2O8. The number of aromatic carboxylic acids is 1. The number of aliphatic hydroxyl groups is 1. The van der Waals surface area contributed by atoms with Gasteiger partial charge in [0.05, 0.1) is 25.2 Å². The molecule has 0 spiro atoms. The van der Waals surface area contributed by atoms with Crippen molar-refractivity contribution in [3.05, 3.63) is 23.3 Å². The van der Waals surface area contributed by atoms with Gasteiger partial charge in [-0.25, -0.2) is 4.79 Å². The number of rotatable bonds is 6. The Labute approximate surface area is 166 Å². The first kappa shape index (κ1) is 20.0. The zero-order chi connectivity index (χ0) is 20.9. The van der Waals surface area contributed by atoms with Crippen molar-refractivity contribution >= 4 is 19.0 Å². The first-order valence-electron chi connectivity index (χ1n) is 9.58. The van der Waals surface area contributed by atoms with Crippen molar-refractivity contribution < 1.29 is 39.7 Å². The summed E-state index contributed by atoms with van der Waals surface area (Å²) in [5.74, 6) is -2.64. The normalized spacial score (nSPS) is 28.7. The van der Waals surface area contributed by atoms with E-state index in [1.54, 1.807) is 4.90 Å². The van der Waals surface area contributed by atoms with Crippen molar-refractivity contribution in [2.24, 2.45) is 0 Å². The Morgan fingerprint density at radius 3 is 2.48 bits per heavy atom. The first-order chi connectivity index (χ1) is 13.8. The predicted octanol–water partition coefficient (Wildman–Crippen LogP) is -1.27. The highest BCUT2D eigenvalue weighted by Crippen LogP contribution is 2.56. The van der Waals surface area contributed by atoms with E-state index < -0.39 is 42.9 Å². The molecule has 11 heteroatoms. The lowest BCUT2D eigenvalue weighted by Gasteiger charge is -2.40. The molecule has 3 aliphatic rings. The average molecular weight is 406 g/mol. The number of phenols is 1. The molecule has 1 aromatic carbocycles. The summed E-state index contributed by atoms with van der Waals surface area (Å²) in [7, 11) is -1.52. The molecule has 2 aliphatic heterocycles. The highest BCUT2D eigenvalue weighted by atomic mass is 16.5. The summed E-state index contributed by atoms with van der Waals surface area (Å²) in [6.45, 7) is 0.957. The summed E-state index contributed by atoms with van der Waals surface area (Å²) >= 11 is 0. The van der Waals surface area contributed by atoms with Gasteiger partial charge in [0, 0.05) is 12.4 Å². The lowest BCUT2D eigenvalue weighted by atomic mass is 9.81. The number of aromatic hydroxyl groups is 1. The number of nitrogens with zero attached hydrogens (tertiary/aromatic N) is 1. The van der Waals surface area contributed by atoms with E-state index >= 15 is 0 Å². The average Bonchev–Trinajstić information content (AvgIpc) is 3.30. The number of carboxylic acid groups (broad SMARTS) is 1. The van der Waals surface area contributed by atoms with Gasteiger partial charge in [-0.05, 0) is 30.4 Å². The van der Waals surface area contributed by atoms with Crippen LogP contribution in [0.4, 0.5) is 0 Å². The Morgan fingerprint density at radius 1 is 1.21 bits per heavy atom. The SMILES string of the molecule is O=C(O)c1c(OC2CN(C(=O)[C@@H]3C[C@H](O)CN3)C2)ccc([C@@H]2C[C@@H]2B(O)O)c1O. The van der Waals surface area contributed by atoms with Crippen molar-refractivity contribution in [2.75, 3.05) is 19.6 Å². The molecule has 0 radical (unpaired) electrons.